The van der Waals surface area contributed by atoms with Gasteiger partial charge in [-0.3, -0.25) is 9.59 Å². The molecule has 1 unspecified atom stereocenters. The second-order valence-corrected chi connectivity index (χ2v) is 8.72. The molecule has 0 amide bonds. The third-order valence-corrected chi connectivity index (χ3v) is 5.38. The van der Waals surface area contributed by atoms with Crippen molar-refractivity contribution in [2.45, 2.75) is 27.2 Å². The van der Waals surface area contributed by atoms with Crippen LogP contribution in [0.25, 0.3) is 0 Å². The van der Waals surface area contributed by atoms with Gasteiger partial charge in [0, 0.05) is 6.07 Å². The average molecular weight is 459 g/mol. The van der Waals surface area contributed by atoms with E-state index in [9.17, 15) is 9.59 Å². The molecule has 0 bridgehead atoms. The van der Waals surface area contributed by atoms with Crippen molar-refractivity contribution in [3.63, 3.8) is 0 Å². The van der Waals surface area contributed by atoms with Gasteiger partial charge in [-0.05, 0) is 44.9 Å². The van der Waals surface area contributed by atoms with Gasteiger partial charge in [-0.25, -0.2) is 0 Å². The fraction of sp³-hybridized carbons (Fsp3) is 0.440. The molecule has 1 aliphatic heterocycles. The minimum atomic E-state index is -0.672. The lowest BCUT2D eigenvalue weighted by atomic mass is 9.88. The molecule has 2 aromatic carbocycles. The number of hydrogen-bond acceptors (Lipinski definition) is 8. The highest BCUT2D eigenvalue weighted by Gasteiger charge is 2.35. The number of carbonyl (C=O) groups excluding carboxylic acids is 2. The molecular weight excluding hydrogens is 428 g/mol. The number of hydrogen-bond donors (Lipinski definition) is 0. The molecule has 0 N–H and O–H groups in total. The van der Waals surface area contributed by atoms with Gasteiger partial charge >= 0.3 is 5.97 Å². The van der Waals surface area contributed by atoms with Crippen molar-refractivity contribution in [3.8, 4) is 34.5 Å². The van der Waals surface area contributed by atoms with Crippen LogP contribution in [0, 0.1) is 11.3 Å². The largest absolute Gasteiger partial charge is 0.493 e. The van der Waals surface area contributed by atoms with Gasteiger partial charge in [0.05, 0.1) is 46.4 Å². The van der Waals surface area contributed by atoms with Crippen LogP contribution >= 0.6 is 0 Å². The zero-order valence-corrected chi connectivity index (χ0v) is 20.1. The molecule has 3 rings (SSSR count). The Hall–Kier alpha value is -3.42. The topological polar surface area (TPSA) is 89.5 Å². The summed E-state index contributed by atoms with van der Waals surface area (Å²) in [6, 6.07) is 6.90. The minimum absolute atomic E-state index is 0.127. The Balaban J connectivity index is 1.91. The predicted octanol–water partition coefficient (Wildman–Crippen LogP) is 4.11. The Kier molecular flexibility index (Phi) is 7.05. The van der Waals surface area contributed by atoms with E-state index in [1.807, 2.05) is 6.07 Å². The van der Waals surface area contributed by atoms with Crippen LogP contribution in [0.2, 0.25) is 0 Å². The molecule has 0 radical (unpaired) electrons. The van der Waals surface area contributed by atoms with Crippen LogP contribution in [0.4, 0.5) is 0 Å². The second-order valence-electron chi connectivity index (χ2n) is 8.72. The van der Waals surface area contributed by atoms with Gasteiger partial charge in [0.15, 0.2) is 28.8 Å². The van der Waals surface area contributed by atoms with Crippen LogP contribution in [0.5, 0.6) is 34.5 Å². The highest BCUT2D eigenvalue weighted by Crippen LogP contribution is 2.47. The molecule has 8 nitrogen and oxygen atoms in total. The fourth-order valence-electron chi connectivity index (χ4n) is 3.57. The minimum Gasteiger partial charge on any atom is -0.493 e. The first-order valence-corrected chi connectivity index (χ1v) is 10.5. The van der Waals surface area contributed by atoms with Crippen LogP contribution in [-0.4, -0.2) is 46.8 Å². The first-order valence-electron chi connectivity index (χ1n) is 10.5. The monoisotopic (exact) mass is 458 g/mol. The Morgan fingerprint density at radius 2 is 1.61 bits per heavy atom. The van der Waals surface area contributed by atoms with E-state index >= 15 is 0 Å². The number of rotatable bonds is 7. The van der Waals surface area contributed by atoms with E-state index in [0.717, 1.165) is 5.56 Å². The third kappa shape index (κ3) is 4.84. The standard InChI is InChI=1S/C25H30O8/c1-25(2,3)24(27)33-17-11-14(8-9-16(17)28-4)10-15-13-32-18-12-19(29-5)22(30-6)23(31-7)20(18)21(15)26/h8-9,11-12,15H,10,13H2,1-7H3. The van der Waals surface area contributed by atoms with E-state index in [0.29, 0.717) is 40.7 Å². The maximum atomic E-state index is 13.4. The molecule has 0 spiro atoms. The number of esters is 1. The number of methoxy groups -OCH3 is 4. The molecule has 0 aliphatic carbocycles. The van der Waals surface area contributed by atoms with Crippen molar-refractivity contribution in [1.82, 2.24) is 0 Å². The Morgan fingerprint density at radius 1 is 0.939 bits per heavy atom. The van der Waals surface area contributed by atoms with Gasteiger partial charge in [-0.15, -0.1) is 0 Å². The van der Waals surface area contributed by atoms with Crippen molar-refractivity contribution in [2.24, 2.45) is 11.3 Å². The second kappa shape index (κ2) is 9.60. The summed E-state index contributed by atoms with van der Waals surface area (Å²) in [7, 11) is 5.96. The van der Waals surface area contributed by atoms with Gasteiger partial charge in [-0.1, -0.05) is 6.07 Å². The highest BCUT2D eigenvalue weighted by molar-refractivity contribution is 6.05. The Labute approximate surface area is 193 Å². The van der Waals surface area contributed by atoms with Gasteiger partial charge < -0.3 is 28.4 Å². The molecule has 1 atom stereocenters. The number of fused-ring (bicyclic) bond motifs is 1. The van der Waals surface area contributed by atoms with Crippen molar-refractivity contribution in [3.05, 3.63) is 35.4 Å². The normalized spacial score (nSPS) is 15.2. The van der Waals surface area contributed by atoms with Crippen molar-refractivity contribution >= 4 is 11.8 Å². The smallest absolute Gasteiger partial charge is 0.316 e. The maximum Gasteiger partial charge on any atom is 0.316 e. The lowest BCUT2D eigenvalue weighted by Gasteiger charge is -2.27. The summed E-state index contributed by atoms with van der Waals surface area (Å²) in [4.78, 5) is 25.8. The third-order valence-electron chi connectivity index (χ3n) is 5.38. The van der Waals surface area contributed by atoms with Crippen molar-refractivity contribution in [1.29, 1.82) is 0 Å². The lowest BCUT2D eigenvalue weighted by Crippen LogP contribution is -2.30. The van der Waals surface area contributed by atoms with E-state index in [2.05, 4.69) is 0 Å². The molecular formula is C25H30O8. The molecule has 0 saturated heterocycles. The summed E-state index contributed by atoms with van der Waals surface area (Å²) in [5.41, 5.74) is 0.450. The van der Waals surface area contributed by atoms with E-state index in [4.69, 9.17) is 28.4 Å². The summed E-state index contributed by atoms with van der Waals surface area (Å²) < 4.78 is 33.1. The van der Waals surface area contributed by atoms with Crippen molar-refractivity contribution in [2.75, 3.05) is 35.0 Å². The predicted molar refractivity (Wildman–Crippen MR) is 121 cm³/mol. The molecule has 0 aromatic heterocycles. The first-order chi connectivity index (χ1) is 15.6. The van der Waals surface area contributed by atoms with Crippen LogP contribution in [0.3, 0.4) is 0 Å². The summed E-state index contributed by atoms with van der Waals surface area (Å²) in [6.07, 6.45) is 0.375. The summed E-state index contributed by atoms with van der Waals surface area (Å²) in [6.45, 7) is 5.51. The van der Waals surface area contributed by atoms with Crippen LogP contribution in [-0.2, 0) is 11.2 Å². The molecule has 8 heteroatoms. The van der Waals surface area contributed by atoms with Crippen molar-refractivity contribution < 1.29 is 38.0 Å². The van der Waals surface area contributed by atoms with Gasteiger partial charge in [-0.2, -0.15) is 0 Å². The van der Waals surface area contributed by atoms with Gasteiger partial charge in [0.1, 0.15) is 11.3 Å². The van der Waals surface area contributed by atoms with Gasteiger partial charge in [0.2, 0.25) is 5.75 Å². The Bertz CT molecular complexity index is 1050. The molecule has 0 saturated carbocycles. The fourth-order valence-corrected chi connectivity index (χ4v) is 3.57. The van der Waals surface area contributed by atoms with E-state index < -0.39 is 11.3 Å². The number of carbonyl (C=O) groups is 2. The van der Waals surface area contributed by atoms with Crippen LogP contribution < -0.4 is 28.4 Å². The van der Waals surface area contributed by atoms with E-state index in [-0.39, 0.29) is 24.1 Å². The maximum absolute atomic E-state index is 13.4. The molecule has 178 valence electrons. The average Bonchev–Trinajstić information content (AvgIpc) is 2.79. The lowest BCUT2D eigenvalue weighted by molar-refractivity contribution is -0.143. The summed E-state index contributed by atoms with van der Waals surface area (Å²) >= 11 is 0. The zero-order chi connectivity index (χ0) is 24.3. The zero-order valence-electron chi connectivity index (χ0n) is 20.1. The molecule has 2 aromatic rings. The Morgan fingerprint density at radius 3 is 2.18 bits per heavy atom. The SMILES string of the molecule is COc1ccc(CC2COc3cc(OC)c(OC)c(OC)c3C2=O)cc1OC(=O)C(C)(C)C. The van der Waals surface area contributed by atoms with Gasteiger partial charge in [0.25, 0.3) is 0 Å². The molecule has 1 heterocycles. The highest BCUT2D eigenvalue weighted by atomic mass is 16.6. The van der Waals surface area contributed by atoms with E-state index in [1.165, 1.54) is 28.4 Å². The first kappa shape index (κ1) is 24.2. The quantitative estimate of drug-likeness (QED) is 0.452. The van der Waals surface area contributed by atoms with Crippen LogP contribution in [0.15, 0.2) is 24.3 Å². The number of benzene rings is 2. The molecule has 1 aliphatic rings. The number of Topliss-reactive ketones (excluding diaryl/α,β-unsaturated/α-hetero) is 1. The van der Waals surface area contributed by atoms with E-state index in [1.54, 1.807) is 39.0 Å². The number of ketones is 1. The van der Waals surface area contributed by atoms with Crippen LogP contribution in [0.1, 0.15) is 36.7 Å². The summed E-state index contributed by atoms with van der Waals surface area (Å²) in [5, 5.41) is 0. The molecule has 0 fully saturated rings. The molecule has 33 heavy (non-hydrogen) atoms. The number of ether oxygens (including phenoxy) is 6. The summed E-state index contributed by atoms with van der Waals surface area (Å²) in [5.74, 6) is 1.18.